The van der Waals surface area contributed by atoms with Crippen LogP contribution in [-0.4, -0.2) is 23.5 Å². The Morgan fingerprint density at radius 3 is 2.81 bits per heavy atom. The van der Waals surface area contributed by atoms with E-state index in [-0.39, 0.29) is 47.3 Å². The molecule has 1 aliphatic rings. The van der Waals surface area contributed by atoms with Crippen molar-refractivity contribution < 1.29 is 23.2 Å². The molecular weight excluding hydrogens is 339 g/mol. The summed E-state index contributed by atoms with van der Waals surface area (Å²) in [6.07, 6.45) is 0.243. The summed E-state index contributed by atoms with van der Waals surface area (Å²) in [7, 11) is 0. The fourth-order valence-electron chi connectivity index (χ4n) is 2.95. The van der Waals surface area contributed by atoms with Gasteiger partial charge in [-0.15, -0.1) is 0 Å². The molecule has 0 fully saturated rings. The highest BCUT2D eigenvalue weighted by Crippen LogP contribution is 2.39. The summed E-state index contributed by atoms with van der Waals surface area (Å²) >= 11 is 0. The molecule has 26 heavy (non-hydrogen) atoms. The maximum atomic E-state index is 14.0. The molecule has 1 aromatic carbocycles. The number of hydrogen-bond acceptors (Lipinski definition) is 5. The standard InChI is InChI=1S/C19H21FN2O4/c1-10-7-12(23)18-13(6-5-11(20)17(10)18)25-9-15(24)21-16-8-14(22-26-16)19(2,3)4/h5-6,8,10H,7,9H2,1-4H3,(H,21,24)/t10-/m0/s1. The first kappa shape index (κ1) is 18.1. The summed E-state index contributed by atoms with van der Waals surface area (Å²) in [4.78, 5) is 24.2. The van der Waals surface area contributed by atoms with Crippen LogP contribution < -0.4 is 10.1 Å². The molecule has 7 heteroatoms. The molecule has 6 nitrogen and oxygen atoms in total. The minimum absolute atomic E-state index is 0.174. The molecule has 1 aromatic heterocycles. The third kappa shape index (κ3) is 3.47. The SMILES string of the molecule is C[C@H]1CC(=O)c2c(OCC(=O)Nc3cc(C(C)(C)C)no3)ccc(F)c21. The number of aromatic nitrogens is 1. The lowest BCUT2D eigenvalue weighted by Gasteiger charge is -2.12. The van der Waals surface area contributed by atoms with E-state index in [0.717, 1.165) is 0 Å². The quantitative estimate of drug-likeness (QED) is 0.896. The Morgan fingerprint density at radius 1 is 1.42 bits per heavy atom. The van der Waals surface area contributed by atoms with Crippen LogP contribution in [0.3, 0.4) is 0 Å². The predicted molar refractivity (Wildman–Crippen MR) is 93.1 cm³/mol. The monoisotopic (exact) mass is 360 g/mol. The summed E-state index contributed by atoms with van der Waals surface area (Å²) in [6, 6.07) is 4.29. The van der Waals surface area contributed by atoms with Gasteiger partial charge in [0.1, 0.15) is 11.6 Å². The zero-order valence-electron chi connectivity index (χ0n) is 15.2. The van der Waals surface area contributed by atoms with Crippen molar-refractivity contribution in [1.82, 2.24) is 5.16 Å². The van der Waals surface area contributed by atoms with Crippen LogP contribution in [0.15, 0.2) is 22.7 Å². The summed E-state index contributed by atoms with van der Waals surface area (Å²) in [5, 5.41) is 6.47. The number of carbonyl (C=O) groups excluding carboxylic acids is 2. The van der Waals surface area contributed by atoms with Crippen molar-refractivity contribution in [2.45, 2.75) is 45.4 Å². The van der Waals surface area contributed by atoms with Gasteiger partial charge in [-0.1, -0.05) is 32.9 Å². The number of rotatable bonds is 4. The van der Waals surface area contributed by atoms with E-state index >= 15 is 0 Å². The van der Waals surface area contributed by atoms with Crippen molar-refractivity contribution >= 4 is 17.6 Å². The topological polar surface area (TPSA) is 81.4 Å². The molecule has 2 aromatic rings. The van der Waals surface area contributed by atoms with Gasteiger partial charge in [0.15, 0.2) is 12.4 Å². The molecule has 0 radical (unpaired) electrons. The zero-order valence-corrected chi connectivity index (χ0v) is 15.2. The average molecular weight is 360 g/mol. The number of ketones is 1. The molecule has 1 amide bonds. The lowest BCUT2D eigenvalue weighted by atomic mass is 9.92. The van der Waals surface area contributed by atoms with Crippen molar-refractivity contribution in [2.24, 2.45) is 0 Å². The molecule has 1 heterocycles. The van der Waals surface area contributed by atoms with E-state index < -0.39 is 11.7 Å². The van der Waals surface area contributed by atoms with Gasteiger partial charge in [-0.25, -0.2) is 4.39 Å². The Kier molecular flexibility index (Phi) is 4.56. The third-order valence-electron chi connectivity index (χ3n) is 4.32. The van der Waals surface area contributed by atoms with Crippen LogP contribution in [0.4, 0.5) is 10.3 Å². The predicted octanol–water partition coefficient (Wildman–Crippen LogP) is 3.82. The van der Waals surface area contributed by atoms with Crippen molar-refractivity contribution in [3.8, 4) is 5.75 Å². The van der Waals surface area contributed by atoms with Crippen LogP contribution in [0.2, 0.25) is 0 Å². The minimum atomic E-state index is -0.460. The van der Waals surface area contributed by atoms with Crippen LogP contribution in [-0.2, 0) is 10.2 Å². The van der Waals surface area contributed by atoms with E-state index in [1.165, 1.54) is 12.1 Å². The molecule has 138 valence electrons. The van der Waals surface area contributed by atoms with Crippen molar-refractivity contribution in [2.75, 3.05) is 11.9 Å². The second-order valence-corrected chi connectivity index (χ2v) is 7.53. The summed E-state index contributed by atoms with van der Waals surface area (Å²) < 4.78 is 24.5. The van der Waals surface area contributed by atoms with Crippen LogP contribution in [0.1, 0.15) is 61.6 Å². The molecule has 0 bridgehead atoms. The van der Waals surface area contributed by atoms with Crippen LogP contribution in [0.5, 0.6) is 5.75 Å². The van der Waals surface area contributed by atoms with E-state index in [9.17, 15) is 14.0 Å². The lowest BCUT2D eigenvalue weighted by molar-refractivity contribution is -0.118. The molecule has 1 atom stereocenters. The van der Waals surface area contributed by atoms with Gasteiger partial charge in [0.05, 0.1) is 11.3 Å². The molecule has 1 N–H and O–H groups in total. The number of hydrogen-bond donors (Lipinski definition) is 1. The van der Waals surface area contributed by atoms with E-state index in [2.05, 4.69) is 10.5 Å². The first-order chi connectivity index (χ1) is 12.2. The van der Waals surface area contributed by atoms with E-state index in [1.807, 2.05) is 20.8 Å². The second kappa shape index (κ2) is 6.55. The Morgan fingerprint density at radius 2 is 2.15 bits per heavy atom. The first-order valence-corrected chi connectivity index (χ1v) is 8.42. The molecular formula is C19H21FN2O4. The summed E-state index contributed by atoms with van der Waals surface area (Å²) in [6.45, 7) is 7.40. The fourth-order valence-corrected chi connectivity index (χ4v) is 2.95. The van der Waals surface area contributed by atoms with E-state index in [4.69, 9.17) is 9.26 Å². The largest absolute Gasteiger partial charge is 0.483 e. The number of carbonyl (C=O) groups is 2. The summed E-state index contributed by atoms with van der Waals surface area (Å²) in [5.74, 6) is -0.812. The van der Waals surface area contributed by atoms with Crippen molar-refractivity contribution in [1.29, 1.82) is 0 Å². The maximum Gasteiger partial charge on any atom is 0.264 e. The summed E-state index contributed by atoms with van der Waals surface area (Å²) in [5.41, 5.74) is 1.11. The molecule has 0 saturated heterocycles. The molecule has 0 unspecified atom stereocenters. The van der Waals surface area contributed by atoms with Gasteiger partial charge in [-0.3, -0.25) is 14.9 Å². The number of Topliss-reactive ketones (excluding diaryl/α,β-unsaturated/α-hetero) is 1. The van der Waals surface area contributed by atoms with Crippen LogP contribution in [0, 0.1) is 5.82 Å². The fraction of sp³-hybridized carbons (Fsp3) is 0.421. The number of fused-ring (bicyclic) bond motifs is 1. The minimum Gasteiger partial charge on any atom is -0.483 e. The maximum absolute atomic E-state index is 14.0. The number of ether oxygens (including phenoxy) is 1. The average Bonchev–Trinajstić information content (AvgIpc) is 3.12. The van der Waals surface area contributed by atoms with Gasteiger partial charge in [-0.05, 0) is 18.1 Å². The van der Waals surface area contributed by atoms with Crippen LogP contribution in [0.25, 0.3) is 0 Å². The molecule has 0 aliphatic heterocycles. The van der Waals surface area contributed by atoms with Crippen molar-refractivity contribution in [3.05, 3.63) is 40.8 Å². The molecule has 0 spiro atoms. The van der Waals surface area contributed by atoms with Gasteiger partial charge in [-0.2, -0.15) is 0 Å². The zero-order chi connectivity index (χ0) is 19.1. The highest BCUT2D eigenvalue weighted by atomic mass is 19.1. The van der Waals surface area contributed by atoms with Gasteiger partial charge in [0.25, 0.3) is 5.91 Å². The Bertz CT molecular complexity index is 867. The van der Waals surface area contributed by atoms with Gasteiger partial charge in [0.2, 0.25) is 5.88 Å². The Balaban J connectivity index is 1.68. The number of nitrogens with zero attached hydrogens (tertiary/aromatic N) is 1. The second-order valence-electron chi connectivity index (χ2n) is 7.53. The van der Waals surface area contributed by atoms with Gasteiger partial charge in [0, 0.05) is 23.5 Å². The number of amides is 1. The van der Waals surface area contributed by atoms with Crippen molar-refractivity contribution in [3.63, 3.8) is 0 Å². The Hall–Kier alpha value is -2.70. The molecule has 1 aliphatic carbocycles. The number of benzene rings is 1. The van der Waals surface area contributed by atoms with Gasteiger partial charge >= 0.3 is 0 Å². The smallest absolute Gasteiger partial charge is 0.264 e. The Labute approximate surface area is 150 Å². The molecule has 3 rings (SSSR count). The highest BCUT2D eigenvalue weighted by molar-refractivity contribution is 6.04. The highest BCUT2D eigenvalue weighted by Gasteiger charge is 2.32. The number of halogens is 1. The molecule has 0 saturated carbocycles. The normalized spacial score (nSPS) is 16.5. The lowest BCUT2D eigenvalue weighted by Crippen LogP contribution is -2.20. The van der Waals surface area contributed by atoms with E-state index in [0.29, 0.717) is 11.3 Å². The third-order valence-corrected chi connectivity index (χ3v) is 4.32. The first-order valence-electron chi connectivity index (χ1n) is 8.42. The van der Waals surface area contributed by atoms with E-state index in [1.54, 1.807) is 13.0 Å². The number of anilines is 1. The van der Waals surface area contributed by atoms with Crippen LogP contribution >= 0.6 is 0 Å². The van der Waals surface area contributed by atoms with Gasteiger partial charge < -0.3 is 9.26 Å². The number of nitrogens with one attached hydrogen (secondary N) is 1.